The van der Waals surface area contributed by atoms with Gasteiger partial charge in [0.05, 0.1) is 10.6 Å². The minimum absolute atomic E-state index is 0.131. The zero-order chi connectivity index (χ0) is 19.8. The molecule has 4 rings (SSSR count). The van der Waals surface area contributed by atoms with Crippen molar-refractivity contribution in [1.29, 1.82) is 0 Å². The molecule has 1 aliphatic heterocycles. The number of rotatable bonds is 3. The minimum Gasteiger partial charge on any atom is -0.457 e. The summed E-state index contributed by atoms with van der Waals surface area (Å²) in [6.45, 7) is 2.00. The number of amides is 1. The van der Waals surface area contributed by atoms with Gasteiger partial charge in [0.15, 0.2) is 0 Å². The summed E-state index contributed by atoms with van der Waals surface area (Å²) < 4.78 is 5.89. The van der Waals surface area contributed by atoms with Gasteiger partial charge >= 0.3 is 0 Å². The van der Waals surface area contributed by atoms with E-state index in [0.717, 1.165) is 28.6 Å². The number of anilines is 1. The van der Waals surface area contributed by atoms with Crippen LogP contribution in [0.5, 0.6) is 0 Å². The molecule has 140 valence electrons. The van der Waals surface area contributed by atoms with Gasteiger partial charge in [-0.1, -0.05) is 53.1 Å². The van der Waals surface area contributed by atoms with Crippen LogP contribution in [-0.2, 0) is 0 Å². The average molecular weight is 446 g/mol. The Bertz CT molecular complexity index is 1100. The van der Waals surface area contributed by atoms with Crippen LogP contribution in [0.25, 0.3) is 17.4 Å². The second kappa shape index (κ2) is 7.76. The lowest BCUT2D eigenvalue weighted by molar-refractivity contribution is 0.268. The standard InChI is InChI=1S/C21H13Cl2NO2S2/c1-12-2-4-16(5-3-12)24-20(27)19(28-21(24)25)11-17-6-7-18(26-17)13-8-14(22)10-15(23)9-13/h2-11H,1H3/b19-11-. The first-order chi connectivity index (χ1) is 13.4. The van der Waals surface area contributed by atoms with Gasteiger partial charge in [0, 0.05) is 15.6 Å². The van der Waals surface area contributed by atoms with Gasteiger partial charge in [0.1, 0.15) is 16.5 Å². The van der Waals surface area contributed by atoms with E-state index in [9.17, 15) is 4.79 Å². The predicted molar refractivity (Wildman–Crippen MR) is 121 cm³/mol. The molecule has 0 unspecified atom stereocenters. The molecule has 3 aromatic rings. The Balaban J connectivity index is 1.61. The number of carbonyl (C=O) groups is 1. The maximum atomic E-state index is 12.5. The molecule has 7 heteroatoms. The Kier molecular flexibility index (Phi) is 5.34. The Morgan fingerprint density at radius 2 is 1.71 bits per heavy atom. The van der Waals surface area contributed by atoms with Crippen molar-refractivity contribution in [3.8, 4) is 11.3 Å². The van der Waals surface area contributed by atoms with E-state index in [1.165, 1.54) is 4.90 Å². The van der Waals surface area contributed by atoms with E-state index in [4.69, 9.17) is 39.8 Å². The number of thiocarbonyl (C=S) groups is 1. The molecule has 28 heavy (non-hydrogen) atoms. The topological polar surface area (TPSA) is 33.5 Å². The van der Waals surface area contributed by atoms with Crippen molar-refractivity contribution in [1.82, 2.24) is 0 Å². The monoisotopic (exact) mass is 445 g/mol. The predicted octanol–water partition coefficient (Wildman–Crippen LogP) is 7.60. The van der Waals surface area contributed by atoms with E-state index in [1.807, 2.05) is 43.3 Å². The van der Waals surface area contributed by atoms with E-state index in [-0.39, 0.29) is 5.24 Å². The zero-order valence-corrected chi connectivity index (χ0v) is 17.8. The molecule has 0 atom stereocenters. The van der Waals surface area contributed by atoms with E-state index >= 15 is 0 Å². The Morgan fingerprint density at radius 3 is 2.39 bits per heavy atom. The van der Waals surface area contributed by atoms with Crippen LogP contribution in [0.2, 0.25) is 10.0 Å². The maximum absolute atomic E-state index is 12.5. The van der Waals surface area contributed by atoms with Crippen molar-refractivity contribution in [2.75, 3.05) is 4.90 Å². The Hall–Kier alpha value is -2.05. The summed E-state index contributed by atoms with van der Waals surface area (Å²) in [5, 5.41) is 0.935. The molecule has 3 nitrogen and oxygen atoms in total. The van der Waals surface area contributed by atoms with Gasteiger partial charge in [-0.3, -0.25) is 9.69 Å². The molecular weight excluding hydrogens is 433 g/mol. The van der Waals surface area contributed by atoms with Crippen molar-refractivity contribution in [3.63, 3.8) is 0 Å². The molecule has 1 aromatic heterocycles. The second-order valence-corrected chi connectivity index (χ2v) is 8.47. The number of hydrogen-bond donors (Lipinski definition) is 0. The van der Waals surface area contributed by atoms with E-state index in [0.29, 0.717) is 31.5 Å². The number of hydrogen-bond acceptors (Lipinski definition) is 4. The van der Waals surface area contributed by atoms with Crippen molar-refractivity contribution in [3.05, 3.63) is 80.9 Å². The SMILES string of the molecule is Cc1ccc(N2C(=O)S/C(=C\c3ccc(-c4cc(Cl)cc(Cl)c4)o3)C2=S)cc1. The summed E-state index contributed by atoms with van der Waals surface area (Å²) in [6, 6.07) is 16.5. The summed E-state index contributed by atoms with van der Waals surface area (Å²) in [6.07, 6.45) is 1.77. The number of thioether (sulfide) groups is 1. The number of aryl methyl sites for hydroxylation is 1. The molecule has 2 aromatic carbocycles. The summed E-state index contributed by atoms with van der Waals surface area (Å²) in [7, 11) is 0. The molecule has 0 bridgehead atoms. The highest BCUT2D eigenvalue weighted by Gasteiger charge is 2.33. The zero-order valence-electron chi connectivity index (χ0n) is 14.6. The van der Waals surface area contributed by atoms with Gasteiger partial charge in [-0.25, -0.2) is 0 Å². The Labute approximate surface area is 181 Å². The number of nitrogens with zero attached hydrogens (tertiary/aromatic N) is 1. The highest BCUT2D eigenvalue weighted by Crippen LogP contribution is 2.37. The van der Waals surface area contributed by atoms with Crippen LogP contribution in [0, 0.1) is 6.92 Å². The van der Waals surface area contributed by atoms with Gasteiger partial charge in [-0.15, -0.1) is 0 Å². The first kappa shape index (κ1) is 19.3. The third kappa shape index (κ3) is 3.89. The molecule has 1 amide bonds. The summed E-state index contributed by atoms with van der Waals surface area (Å²) in [5.74, 6) is 1.22. The molecule has 1 aliphatic rings. The molecule has 2 heterocycles. The van der Waals surface area contributed by atoms with Gasteiger partial charge in [0.25, 0.3) is 5.24 Å². The molecule has 0 N–H and O–H groups in total. The van der Waals surface area contributed by atoms with Crippen LogP contribution in [0.3, 0.4) is 0 Å². The number of carbonyl (C=O) groups excluding carboxylic acids is 1. The Morgan fingerprint density at radius 1 is 1.04 bits per heavy atom. The van der Waals surface area contributed by atoms with Crippen molar-refractivity contribution >= 4 is 69.2 Å². The average Bonchev–Trinajstić information content (AvgIpc) is 3.21. The highest BCUT2D eigenvalue weighted by molar-refractivity contribution is 8.20. The van der Waals surface area contributed by atoms with Crippen molar-refractivity contribution in [2.45, 2.75) is 6.92 Å². The van der Waals surface area contributed by atoms with Crippen molar-refractivity contribution < 1.29 is 9.21 Å². The number of furan rings is 1. The second-order valence-electron chi connectivity index (χ2n) is 6.21. The normalized spacial score (nSPS) is 15.7. The summed E-state index contributed by atoms with van der Waals surface area (Å²) >= 11 is 18.7. The molecular formula is C21H13Cl2NO2S2. The van der Waals surface area contributed by atoms with Crippen LogP contribution in [0.1, 0.15) is 11.3 Å². The summed E-state index contributed by atoms with van der Waals surface area (Å²) in [4.78, 5) is 15.1. The van der Waals surface area contributed by atoms with Gasteiger partial charge in [-0.2, -0.15) is 0 Å². The van der Waals surface area contributed by atoms with Crippen LogP contribution in [0.4, 0.5) is 10.5 Å². The first-order valence-corrected chi connectivity index (χ1v) is 10.3. The number of halogens is 2. The van der Waals surface area contributed by atoms with Crippen LogP contribution >= 0.6 is 47.2 Å². The molecule has 0 radical (unpaired) electrons. The van der Waals surface area contributed by atoms with Gasteiger partial charge in [-0.05, 0) is 67.2 Å². The lowest BCUT2D eigenvalue weighted by Gasteiger charge is -2.14. The van der Waals surface area contributed by atoms with Crippen molar-refractivity contribution in [2.24, 2.45) is 0 Å². The van der Waals surface area contributed by atoms with E-state index < -0.39 is 0 Å². The molecule has 1 saturated heterocycles. The van der Waals surface area contributed by atoms with Crippen LogP contribution < -0.4 is 4.90 Å². The molecule has 0 saturated carbocycles. The fourth-order valence-electron chi connectivity index (χ4n) is 2.80. The highest BCUT2D eigenvalue weighted by atomic mass is 35.5. The fraction of sp³-hybridized carbons (Fsp3) is 0.0476. The quantitative estimate of drug-likeness (QED) is 0.306. The molecule has 0 aliphatic carbocycles. The third-order valence-corrected chi connectivity index (χ3v) is 5.99. The van der Waals surface area contributed by atoms with Gasteiger partial charge < -0.3 is 4.42 Å². The molecule has 0 spiro atoms. The van der Waals surface area contributed by atoms with Gasteiger partial charge in [0.2, 0.25) is 0 Å². The van der Waals surface area contributed by atoms with Crippen LogP contribution in [-0.4, -0.2) is 10.2 Å². The third-order valence-electron chi connectivity index (χ3n) is 4.13. The smallest absolute Gasteiger partial charge is 0.296 e. The number of benzene rings is 2. The maximum Gasteiger partial charge on any atom is 0.296 e. The van der Waals surface area contributed by atoms with E-state index in [2.05, 4.69) is 0 Å². The summed E-state index contributed by atoms with van der Waals surface area (Å²) in [5.41, 5.74) is 2.65. The lowest BCUT2D eigenvalue weighted by atomic mass is 10.2. The van der Waals surface area contributed by atoms with Crippen LogP contribution in [0.15, 0.2) is 63.9 Å². The van der Waals surface area contributed by atoms with E-state index in [1.54, 1.807) is 24.3 Å². The molecule has 1 fully saturated rings. The fourth-order valence-corrected chi connectivity index (χ4v) is 4.58. The minimum atomic E-state index is -0.131. The first-order valence-electron chi connectivity index (χ1n) is 8.31. The lowest BCUT2D eigenvalue weighted by Crippen LogP contribution is -2.26. The largest absolute Gasteiger partial charge is 0.457 e.